The van der Waals surface area contributed by atoms with Gasteiger partial charge < -0.3 is 25.1 Å². The molecule has 0 unspecified atom stereocenters. The van der Waals surface area contributed by atoms with E-state index < -0.39 is 4.92 Å². The quantitative estimate of drug-likeness (QED) is 0.284. The van der Waals surface area contributed by atoms with Crippen LogP contribution in [-0.4, -0.2) is 55.0 Å². The van der Waals surface area contributed by atoms with Gasteiger partial charge in [0.25, 0.3) is 6.20 Å². The van der Waals surface area contributed by atoms with Crippen molar-refractivity contribution in [1.29, 1.82) is 0 Å². The zero-order chi connectivity index (χ0) is 19.8. The van der Waals surface area contributed by atoms with Crippen molar-refractivity contribution >= 4 is 11.8 Å². The molecule has 0 aliphatic heterocycles. The molecule has 0 fully saturated rings. The second kappa shape index (κ2) is 15.5. The molecular formula is C17H31N4O4S. The van der Waals surface area contributed by atoms with Gasteiger partial charge in [-0.3, -0.25) is 10.1 Å². The zero-order valence-corrected chi connectivity index (χ0v) is 16.7. The minimum Gasteiger partial charge on any atom is -0.464 e. The molecule has 1 aromatic rings. The van der Waals surface area contributed by atoms with E-state index in [0.29, 0.717) is 12.4 Å². The van der Waals surface area contributed by atoms with Gasteiger partial charge in [0.15, 0.2) is 5.82 Å². The zero-order valence-electron chi connectivity index (χ0n) is 15.9. The molecule has 0 spiro atoms. The number of unbranched alkanes of at least 4 members (excludes halogenated alkanes) is 1. The highest BCUT2D eigenvalue weighted by Crippen LogP contribution is 2.15. The Morgan fingerprint density at radius 3 is 2.65 bits per heavy atom. The summed E-state index contributed by atoms with van der Waals surface area (Å²) in [7, 11) is 5.64. The second-order valence-corrected chi connectivity index (χ2v) is 6.70. The van der Waals surface area contributed by atoms with Crippen molar-refractivity contribution in [2.24, 2.45) is 0 Å². The summed E-state index contributed by atoms with van der Waals surface area (Å²) < 4.78 is 5.70. The lowest BCUT2D eigenvalue weighted by atomic mass is 10.4. The van der Waals surface area contributed by atoms with E-state index in [-0.39, 0.29) is 6.61 Å². The highest BCUT2D eigenvalue weighted by atomic mass is 32.2. The Morgan fingerprint density at radius 2 is 2.15 bits per heavy atom. The molecule has 0 bridgehead atoms. The second-order valence-electron chi connectivity index (χ2n) is 5.59. The van der Waals surface area contributed by atoms with E-state index in [0.717, 1.165) is 48.6 Å². The van der Waals surface area contributed by atoms with Crippen molar-refractivity contribution < 1.29 is 14.4 Å². The van der Waals surface area contributed by atoms with Crippen LogP contribution in [0, 0.1) is 17.0 Å². The van der Waals surface area contributed by atoms with Crippen molar-refractivity contribution in [3.63, 3.8) is 0 Å². The third-order valence-corrected chi connectivity index (χ3v) is 3.89. The first-order valence-electron chi connectivity index (χ1n) is 8.40. The molecular weight excluding hydrogens is 356 g/mol. The van der Waals surface area contributed by atoms with Crippen LogP contribution in [0.1, 0.15) is 24.4 Å². The number of hydrogen-bond acceptors (Lipinski definition) is 8. The van der Waals surface area contributed by atoms with Crippen LogP contribution in [0.15, 0.2) is 28.6 Å². The summed E-state index contributed by atoms with van der Waals surface area (Å²) in [6, 6.07) is 3.98. The topological polar surface area (TPSA) is 104 Å². The van der Waals surface area contributed by atoms with Gasteiger partial charge in [-0.2, -0.15) is 11.8 Å². The minimum atomic E-state index is -0.485. The molecule has 0 aromatic carbocycles. The fourth-order valence-electron chi connectivity index (χ4n) is 1.74. The highest BCUT2D eigenvalue weighted by Gasteiger charge is 2.04. The van der Waals surface area contributed by atoms with Crippen molar-refractivity contribution in [1.82, 2.24) is 15.5 Å². The van der Waals surface area contributed by atoms with Crippen LogP contribution in [0.25, 0.3) is 0 Å². The Kier molecular flexibility index (Phi) is 14.5. The van der Waals surface area contributed by atoms with Crippen molar-refractivity contribution in [3.05, 3.63) is 52.7 Å². The molecule has 1 radical (unpaired) electrons. The minimum absolute atomic E-state index is 0.281. The van der Waals surface area contributed by atoms with E-state index in [9.17, 15) is 10.1 Å². The molecule has 8 nitrogen and oxygen atoms in total. The first kappa shape index (κ1) is 24.3. The van der Waals surface area contributed by atoms with E-state index in [1.807, 2.05) is 26.2 Å². The molecule has 0 saturated carbocycles. The standard InChI is InChI=1S/C13H22N4O3S.C4H9O/c1-14-13(9-17(18)19)15-6-7-21-10-12-5-4-11(20-12)8-16(2)3;1-2-3-4-5/h4-5,9,14-15H,6-8,10H2,1-3H3;5H,1-4H2/b13-9+;. The number of aliphatic hydroxyl groups is 1. The maximum absolute atomic E-state index is 10.3. The predicted molar refractivity (Wildman–Crippen MR) is 106 cm³/mol. The number of furan rings is 1. The molecule has 1 aromatic heterocycles. The molecule has 0 atom stereocenters. The van der Waals surface area contributed by atoms with Gasteiger partial charge in [0.1, 0.15) is 11.5 Å². The molecule has 1 heterocycles. The first-order chi connectivity index (χ1) is 12.4. The number of rotatable bonds is 12. The predicted octanol–water partition coefficient (Wildman–Crippen LogP) is 2.05. The highest BCUT2D eigenvalue weighted by molar-refractivity contribution is 7.98. The Bertz CT molecular complexity index is 519. The summed E-state index contributed by atoms with van der Waals surface area (Å²) in [6.07, 6.45) is 2.60. The average molecular weight is 388 g/mol. The number of nitrogens with zero attached hydrogens (tertiary/aromatic N) is 2. The van der Waals surface area contributed by atoms with Crippen LogP contribution >= 0.6 is 11.8 Å². The normalized spacial score (nSPS) is 11.1. The van der Waals surface area contributed by atoms with E-state index in [1.54, 1.807) is 18.8 Å². The van der Waals surface area contributed by atoms with Gasteiger partial charge >= 0.3 is 0 Å². The van der Waals surface area contributed by atoms with Crippen molar-refractivity contribution in [3.8, 4) is 0 Å². The third-order valence-electron chi connectivity index (χ3n) is 2.91. The van der Waals surface area contributed by atoms with Crippen LogP contribution in [0.2, 0.25) is 0 Å². The lowest BCUT2D eigenvalue weighted by Gasteiger charge is -2.07. The number of nitro groups is 1. The number of thioether (sulfide) groups is 1. The molecule has 0 saturated heterocycles. The molecule has 0 aliphatic rings. The molecule has 3 N–H and O–H groups in total. The summed E-state index contributed by atoms with van der Waals surface area (Å²) in [4.78, 5) is 11.9. The maximum Gasteiger partial charge on any atom is 0.274 e. The van der Waals surface area contributed by atoms with Crippen LogP contribution in [0.5, 0.6) is 0 Å². The summed E-state index contributed by atoms with van der Waals surface area (Å²) in [6.45, 7) is 5.24. The third kappa shape index (κ3) is 13.6. The van der Waals surface area contributed by atoms with Crippen LogP contribution in [0.4, 0.5) is 0 Å². The molecule has 0 aliphatic carbocycles. The fraction of sp³-hybridized carbons (Fsp3) is 0.588. The first-order valence-corrected chi connectivity index (χ1v) is 9.55. The van der Waals surface area contributed by atoms with Crippen LogP contribution < -0.4 is 10.6 Å². The van der Waals surface area contributed by atoms with Crippen LogP contribution in [-0.2, 0) is 12.3 Å². The Labute approximate surface area is 160 Å². The van der Waals surface area contributed by atoms with E-state index in [4.69, 9.17) is 9.52 Å². The monoisotopic (exact) mass is 387 g/mol. The van der Waals surface area contributed by atoms with Gasteiger partial charge in [-0.05, 0) is 32.6 Å². The van der Waals surface area contributed by atoms with E-state index in [2.05, 4.69) is 22.5 Å². The molecule has 1 rings (SSSR count). The van der Waals surface area contributed by atoms with Crippen molar-refractivity contribution in [2.75, 3.05) is 40.0 Å². The number of nitrogens with one attached hydrogen (secondary N) is 2. The fourth-order valence-corrected chi connectivity index (χ4v) is 2.49. The molecule has 0 amide bonds. The summed E-state index contributed by atoms with van der Waals surface area (Å²) >= 11 is 1.72. The van der Waals surface area contributed by atoms with E-state index >= 15 is 0 Å². The number of aliphatic hydroxyl groups excluding tert-OH is 1. The van der Waals surface area contributed by atoms with Gasteiger partial charge in [-0.15, -0.1) is 0 Å². The smallest absolute Gasteiger partial charge is 0.274 e. The van der Waals surface area contributed by atoms with Gasteiger partial charge in [-0.25, -0.2) is 0 Å². The molecule has 9 heteroatoms. The Morgan fingerprint density at radius 1 is 1.46 bits per heavy atom. The average Bonchev–Trinajstić information content (AvgIpc) is 3.01. The lowest BCUT2D eigenvalue weighted by Crippen LogP contribution is -2.26. The molecule has 26 heavy (non-hydrogen) atoms. The summed E-state index contributed by atoms with van der Waals surface area (Å²) in [5.41, 5.74) is 0. The van der Waals surface area contributed by atoms with Gasteiger partial charge in [0.2, 0.25) is 0 Å². The summed E-state index contributed by atoms with van der Waals surface area (Å²) in [5.74, 6) is 3.95. The van der Waals surface area contributed by atoms with Crippen LogP contribution in [0.3, 0.4) is 0 Å². The largest absolute Gasteiger partial charge is 0.464 e. The van der Waals surface area contributed by atoms with Gasteiger partial charge in [-0.1, -0.05) is 13.3 Å². The van der Waals surface area contributed by atoms with E-state index in [1.165, 1.54) is 0 Å². The van der Waals surface area contributed by atoms with Gasteiger partial charge in [0, 0.05) is 26.0 Å². The molecule has 149 valence electrons. The Hall–Kier alpha value is -1.71. The SMILES string of the molecule is CN/C(=C\[N+](=O)[O-])NCCSCc1ccc(CN(C)C)o1.[CH2]CCCO. The summed E-state index contributed by atoms with van der Waals surface area (Å²) in [5, 5.41) is 24.1. The maximum atomic E-state index is 10.3. The Balaban J connectivity index is 0.00000110. The van der Waals surface area contributed by atoms with Crippen molar-refractivity contribution in [2.45, 2.75) is 25.1 Å². The number of hydrogen-bond donors (Lipinski definition) is 3. The lowest BCUT2D eigenvalue weighted by molar-refractivity contribution is -0.404. The van der Waals surface area contributed by atoms with Gasteiger partial charge in [0.05, 0.1) is 17.2 Å².